The number of nitrogens with zero attached hydrogens (tertiary/aromatic N) is 3. The van der Waals surface area contributed by atoms with E-state index in [1.165, 1.54) is 46.6 Å². The zero-order chi connectivity index (χ0) is 23.6. The van der Waals surface area contributed by atoms with Crippen molar-refractivity contribution in [2.45, 2.75) is 24.8 Å². The molecular weight excluding hydrogens is 457 g/mol. The zero-order valence-electron chi connectivity index (χ0n) is 18.1. The number of rotatable bonds is 5. The highest BCUT2D eigenvalue weighted by molar-refractivity contribution is 7.89. The third-order valence-corrected chi connectivity index (χ3v) is 7.76. The predicted octanol–water partition coefficient (Wildman–Crippen LogP) is 3.11. The maximum Gasteiger partial charge on any atom is 0.257 e. The first-order valence-corrected chi connectivity index (χ1v) is 12.0. The lowest BCUT2D eigenvalue weighted by Crippen LogP contribution is -2.50. The second-order valence-corrected chi connectivity index (χ2v) is 10.3. The van der Waals surface area contributed by atoms with Crippen LogP contribution in [0.4, 0.5) is 4.39 Å². The lowest BCUT2D eigenvalue weighted by molar-refractivity contribution is 0.0532. The first-order valence-electron chi connectivity index (χ1n) is 10.1. The molecule has 0 aromatic heterocycles. The molecule has 2 amide bonds. The maximum absolute atomic E-state index is 14.0. The van der Waals surface area contributed by atoms with E-state index in [2.05, 4.69) is 0 Å². The van der Waals surface area contributed by atoms with Gasteiger partial charge in [0.1, 0.15) is 5.82 Å². The average Bonchev–Trinajstić information content (AvgIpc) is 2.79. The van der Waals surface area contributed by atoms with Gasteiger partial charge in [0.15, 0.2) is 0 Å². The van der Waals surface area contributed by atoms with Crippen LogP contribution in [0, 0.1) is 5.82 Å². The lowest BCUT2D eigenvalue weighted by Gasteiger charge is -2.35. The van der Waals surface area contributed by atoms with Gasteiger partial charge in [-0.15, -0.1) is 0 Å². The summed E-state index contributed by atoms with van der Waals surface area (Å²) < 4.78 is 40.8. The molecule has 1 aliphatic rings. The van der Waals surface area contributed by atoms with E-state index in [1.807, 2.05) is 0 Å². The summed E-state index contributed by atoms with van der Waals surface area (Å²) in [5.74, 6) is -1.46. The minimum Gasteiger partial charge on any atom is -0.335 e. The smallest absolute Gasteiger partial charge is 0.257 e. The molecule has 0 saturated carbocycles. The summed E-state index contributed by atoms with van der Waals surface area (Å²) in [6.45, 7) is 4.48. The molecule has 2 aromatic carbocycles. The number of sulfonamides is 1. The van der Waals surface area contributed by atoms with Crippen LogP contribution in [0.15, 0.2) is 47.4 Å². The predicted molar refractivity (Wildman–Crippen MR) is 120 cm³/mol. The van der Waals surface area contributed by atoms with Crippen LogP contribution in [0.5, 0.6) is 0 Å². The number of hydrogen-bond donors (Lipinski definition) is 0. The van der Waals surface area contributed by atoms with Crippen molar-refractivity contribution in [2.75, 3.05) is 33.2 Å². The van der Waals surface area contributed by atoms with Gasteiger partial charge in [-0.3, -0.25) is 9.59 Å². The minimum absolute atomic E-state index is 0.0461. The van der Waals surface area contributed by atoms with Gasteiger partial charge in [0.05, 0.1) is 10.5 Å². The molecule has 7 nitrogen and oxygen atoms in total. The Kier molecular flexibility index (Phi) is 7.22. The molecule has 1 fully saturated rings. The summed E-state index contributed by atoms with van der Waals surface area (Å²) in [7, 11) is -2.23. The molecule has 32 heavy (non-hydrogen) atoms. The van der Waals surface area contributed by atoms with Crippen LogP contribution < -0.4 is 0 Å². The molecule has 0 aliphatic carbocycles. The molecule has 0 atom stereocenters. The van der Waals surface area contributed by atoms with Crippen LogP contribution in [0.2, 0.25) is 5.02 Å². The molecule has 0 radical (unpaired) electrons. The van der Waals surface area contributed by atoms with Crippen molar-refractivity contribution < 1.29 is 22.4 Å². The van der Waals surface area contributed by atoms with E-state index in [0.717, 1.165) is 6.07 Å². The van der Waals surface area contributed by atoms with E-state index >= 15 is 0 Å². The normalized spacial score (nSPS) is 14.8. The Morgan fingerprint density at radius 3 is 2.19 bits per heavy atom. The van der Waals surface area contributed by atoms with E-state index in [1.54, 1.807) is 24.8 Å². The molecule has 172 valence electrons. The van der Waals surface area contributed by atoms with Gasteiger partial charge in [-0.05, 0) is 50.2 Å². The van der Waals surface area contributed by atoms with E-state index in [-0.39, 0.29) is 59.2 Å². The fraction of sp³-hybridized carbons (Fsp3) is 0.364. The molecule has 1 aliphatic heterocycles. The number of hydrogen-bond acceptors (Lipinski definition) is 4. The van der Waals surface area contributed by atoms with Crippen molar-refractivity contribution in [3.05, 3.63) is 64.4 Å². The van der Waals surface area contributed by atoms with Crippen molar-refractivity contribution >= 4 is 33.4 Å². The molecule has 0 N–H and O–H groups in total. The highest BCUT2D eigenvalue weighted by atomic mass is 35.5. The summed E-state index contributed by atoms with van der Waals surface area (Å²) in [6.07, 6.45) is 0. The van der Waals surface area contributed by atoms with Gasteiger partial charge in [-0.1, -0.05) is 17.7 Å². The lowest BCUT2D eigenvalue weighted by atomic mass is 10.1. The molecule has 3 rings (SSSR count). The van der Waals surface area contributed by atoms with Gasteiger partial charge in [0, 0.05) is 49.9 Å². The Hall–Kier alpha value is -2.49. The largest absolute Gasteiger partial charge is 0.335 e. The van der Waals surface area contributed by atoms with Gasteiger partial charge < -0.3 is 9.80 Å². The van der Waals surface area contributed by atoms with Crippen LogP contribution in [-0.4, -0.2) is 73.6 Å². The van der Waals surface area contributed by atoms with Crippen molar-refractivity contribution in [3.8, 4) is 0 Å². The van der Waals surface area contributed by atoms with Crippen molar-refractivity contribution in [1.29, 1.82) is 0 Å². The van der Waals surface area contributed by atoms with Crippen molar-refractivity contribution in [2.24, 2.45) is 0 Å². The summed E-state index contributed by atoms with van der Waals surface area (Å²) in [5.41, 5.74) is 0.147. The van der Waals surface area contributed by atoms with Crippen LogP contribution in [0.3, 0.4) is 0 Å². The zero-order valence-corrected chi connectivity index (χ0v) is 19.7. The number of carbonyl (C=O) groups is 2. The molecule has 2 aromatic rings. The van der Waals surface area contributed by atoms with Gasteiger partial charge in [-0.25, -0.2) is 12.8 Å². The first-order chi connectivity index (χ1) is 15.0. The van der Waals surface area contributed by atoms with Crippen LogP contribution in [0.25, 0.3) is 0 Å². The fourth-order valence-electron chi connectivity index (χ4n) is 3.36. The highest BCUT2D eigenvalue weighted by Crippen LogP contribution is 2.21. The summed E-state index contributed by atoms with van der Waals surface area (Å²) in [4.78, 5) is 28.7. The minimum atomic E-state index is -3.72. The van der Waals surface area contributed by atoms with E-state index in [9.17, 15) is 22.4 Å². The van der Waals surface area contributed by atoms with Crippen molar-refractivity contribution in [1.82, 2.24) is 14.1 Å². The molecular formula is C22H25ClFN3O4S. The number of benzene rings is 2. The molecule has 10 heteroatoms. The molecule has 0 bridgehead atoms. The Labute approximate surface area is 192 Å². The van der Waals surface area contributed by atoms with E-state index < -0.39 is 21.7 Å². The number of amides is 2. The standard InChI is InChI=1S/C22H25ClFN3O4S/c1-15(2)25(3)32(30,31)18-6-4-5-16(13-18)21(28)26-9-11-27(12-10-26)22(29)19-14-17(23)7-8-20(19)24/h4-8,13-15H,9-12H2,1-3H3. The van der Waals surface area contributed by atoms with E-state index in [0.29, 0.717) is 0 Å². The Bertz CT molecular complexity index is 1130. The molecule has 0 spiro atoms. The van der Waals surface area contributed by atoms with Gasteiger partial charge >= 0.3 is 0 Å². The average molecular weight is 482 g/mol. The molecule has 1 saturated heterocycles. The first kappa shape index (κ1) is 24.2. The summed E-state index contributed by atoms with van der Waals surface area (Å²) in [6, 6.07) is 9.51. The summed E-state index contributed by atoms with van der Waals surface area (Å²) in [5, 5.41) is 0.265. The highest BCUT2D eigenvalue weighted by Gasteiger charge is 2.28. The second kappa shape index (κ2) is 9.56. The van der Waals surface area contributed by atoms with Crippen LogP contribution in [0.1, 0.15) is 34.6 Å². The number of carbonyl (C=O) groups excluding carboxylic acids is 2. The van der Waals surface area contributed by atoms with Crippen molar-refractivity contribution in [3.63, 3.8) is 0 Å². The SMILES string of the molecule is CC(C)N(C)S(=O)(=O)c1cccc(C(=O)N2CCN(C(=O)c3cc(Cl)ccc3F)CC2)c1. The third-order valence-electron chi connectivity index (χ3n) is 5.50. The summed E-state index contributed by atoms with van der Waals surface area (Å²) >= 11 is 5.88. The maximum atomic E-state index is 14.0. The third kappa shape index (κ3) is 4.95. The number of piperazine rings is 1. The molecule has 0 unspecified atom stereocenters. The number of halogens is 2. The molecule has 1 heterocycles. The second-order valence-electron chi connectivity index (χ2n) is 7.85. The van der Waals surface area contributed by atoms with Gasteiger partial charge in [-0.2, -0.15) is 4.31 Å². The van der Waals surface area contributed by atoms with Gasteiger partial charge in [0.2, 0.25) is 10.0 Å². The Morgan fingerprint density at radius 1 is 1.00 bits per heavy atom. The topological polar surface area (TPSA) is 78.0 Å². The fourth-order valence-corrected chi connectivity index (χ4v) is 4.95. The Balaban J connectivity index is 1.71. The monoisotopic (exact) mass is 481 g/mol. The van der Waals surface area contributed by atoms with E-state index in [4.69, 9.17) is 11.6 Å². The van der Waals surface area contributed by atoms with Crippen LogP contribution in [-0.2, 0) is 10.0 Å². The van der Waals surface area contributed by atoms with Gasteiger partial charge in [0.25, 0.3) is 11.8 Å². The quantitative estimate of drug-likeness (QED) is 0.657. The van der Waals surface area contributed by atoms with Crippen LogP contribution >= 0.6 is 11.6 Å². The Morgan fingerprint density at radius 2 is 1.59 bits per heavy atom.